The van der Waals surface area contributed by atoms with Crippen molar-refractivity contribution in [3.8, 4) is 0 Å². The molecule has 0 spiro atoms. The highest BCUT2D eigenvalue weighted by Crippen LogP contribution is 2.33. The van der Waals surface area contributed by atoms with Crippen molar-refractivity contribution < 1.29 is 4.79 Å². The van der Waals surface area contributed by atoms with Gasteiger partial charge in [0.2, 0.25) is 0 Å². The Kier molecular flexibility index (Phi) is 3.50. The van der Waals surface area contributed by atoms with Crippen molar-refractivity contribution in [3.63, 3.8) is 0 Å². The first kappa shape index (κ1) is 10.7. The van der Waals surface area contributed by atoms with Crippen LogP contribution in [0.2, 0.25) is 0 Å². The van der Waals surface area contributed by atoms with Crippen LogP contribution in [0, 0.1) is 0 Å². The average Bonchev–Trinajstić information content (AvgIpc) is 2.40. The van der Waals surface area contributed by atoms with E-state index in [1.807, 2.05) is 20.8 Å². The minimum Gasteiger partial charge on any atom is -0.293 e. The van der Waals surface area contributed by atoms with Gasteiger partial charge in [0.05, 0.1) is 4.91 Å². The summed E-state index contributed by atoms with van der Waals surface area (Å²) in [5, 5.41) is 0. The van der Waals surface area contributed by atoms with Crippen LogP contribution in [0.1, 0.15) is 27.2 Å². The Bertz CT molecular complexity index is 283. The molecule has 0 aliphatic carbocycles. The zero-order valence-corrected chi connectivity index (χ0v) is 9.72. The molecule has 0 aromatic heterocycles. The van der Waals surface area contributed by atoms with Crippen LogP contribution in [0.5, 0.6) is 0 Å². The van der Waals surface area contributed by atoms with Gasteiger partial charge in [0.25, 0.3) is 5.91 Å². The fourth-order valence-electron chi connectivity index (χ4n) is 1.09. The fourth-order valence-corrected chi connectivity index (χ4v) is 2.57. The first-order valence-corrected chi connectivity index (χ1v) is 5.57. The average molecular weight is 215 g/mol. The van der Waals surface area contributed by atoms with Crippen molar-refractivity contribution in [1.29, 1.82) is 0 Å². The van der Waals surface area contributed by atoms with E-state index in [2.05, 4.69) is 0 Å². The zero-order valence-electron chi connectivity index (χ0n) is 8.09. The number of rotatable bonds is 2. The summed E-state index contributed by atoms with van der Waals surface area (Å²) in [6.07, 6.45) is 0.911. The lowest BCUT2D eigenvalue weighted by atomic mass is 10.2. The molecule has 0 unspecified atom stereocenters. The van der Waals surface area contributed by atoms with E-state index in [0.29, 0.717) is 10.9 Å². The van der Waals surface area contributed by atoms with Crippen molar-refractivity contribution in [2.75, 3.05) is 6.54 Å². The highest BCUT2D eigenvalue weighted by molar-refractivity contribution is 8.26. The summed E-state index contributed by atoms with van der Waals surface area (Å²) in [5.74, 6) is 0.0804. The Balaban J connectivity index is 2.97. The molecule has 1 rings (SSSR count). The van der Waals surface area contributed by atoms with Gasteiger partial charge in [-0.2, -0.15) is 0 Å². The van der Waals surface area contributed by atoms with E-state index in [0.717, 1.165) is 16.9 Å². The Morgan fingerprint density at radius 3 is 2.54 bits per heavy atom. The van der Waals surface area contributed by atoms with E-state index in [1.54, 1.807) is 4.90 Å². The van der Waals surface area contributed by atoms with E-state index in [1.165, 1.54) is 11.8 Å². The number of hydrogen-bond donors (Lipinski definition) is 0. The number of carbonyl (C=O) groups excluding carboxylic acids is 1. The van der Waals surface area contributed by atoms with E-state index < -0.39 is 0 Å². The highest BCUT2D eigenvalue weighted by Gasteiger charge is 2.31. The second-order valence-corrected chi connectivity index (χ2v) is 4.52. The molecule has 0 saturated carbocycles. The first-order valence-electron chi connectivity index (χ1n) is 4.35. The van der Waals surface area contributed by atoms with Gasteiger partial charge in [-0.05, 0) is 20.3 Å². The topological polar surface area (TPSA) is 20.3 Å². The second-order valence-electron chi connectivity index (χ2n) is 2.88. The van der Waals surface area contributed by atoms with Gasteiger partial charge in [0, 0.05) is 6.54 Å². The number of thioether (sulfide) groups is 1. The van der Waals surface area contributed by atoms with Crippen LogP contribution < -0.4 is 0 Å². The molecule has 0 aromatic carbocycles. The van der Waals surface area contributed by atoms with Gasteiger partial charge in [-0.3, -0.25) is 9.69 Å². The lowest BCUT2D eigenvalue weighted by Crippen LogP contribution is -2.27. The van der Waals surface area contributed by atoms with Crippen LogP contribution >= 0.6 is 24.0 Å². The molecule has 1 aliphatic rings. The molecule has 0 atom stereocenters. The van der Waals surface area contributed by atoms with Crippen LogP contribution in [0.4, 0.5) is 0 Å². The van der Waals surface area contributed by atoms with E-state index >= 15 is 0 Å². The summed E-state index contributed by atoms with van der Waals surface area (Å²) >= 11 is 6.52. The lowest BCUT2D eigenvalue weighted by Gasteiger charge is -2.09. The summed E-state index contributed by atoms with van der Waals surface area (Å²) in [4.78, 5) is 14.2. The number of carbonyl (C=O) groups is 1. The molecule has 0 radical (unpaired) electrons. The molecule has 2 nitrogen and oxygen atoms in total. The Labute approximate surface area is 88.4 Å². The molecule has 72 valence electrons. The third-order valence-corrected chi connectivity index (χ3v) is 3.68. The molecule has 1 heterocycles. The SMILES string of the molecule is CC/C(C)=C1\SC(=S)N(CC)C1=O. The standard InChI is InChI=1S/C9H13NOS2/c1-4-6(3)7-8(11)10(5-2)9(12)13-7/h4-5H2,1-3H3/b7-6-. The zero-order chi connectivity index (χ0) is 10.0. The number of thiocarbonyl (C=S) groups is 1. The smallest absolute Gasteiger partial charge is 0.266 e. The molecule has 0 aromatic rings. The Morgan fingerprint density at radius 1 is 1.54 bits per heavy atom. The highest BCUT2D eigenvalue weighted by atomic mass is 32.2. The first-order chi connectivity index (χ1) is 6.11. The van der Waals surface area contributed by atoms with Crippen LogP contribution in [-0.4, -0.2) is 21.7 Å². The minimum absolute atomic E-state index is 0.0804. The van der Waals surface area contributed by atoms with E-state index in [9.17, 15) is 4.79 Å². The molecule has 0 N–H and O–H groups in total. The summed E-state index contributed by atoms with van der Waals surface area (Å²) in [7, 11) is 0. The third kappa shape index (κ3) is 1.94. The largest absolute Gasteiger partial charge is 0.293 e. The molecule has 1 amide bonds. The van der Waals surface area contributed by atoms with Crippen LogP contribution in [0.3, 0.4) is 0 Å². The molecule has 0 bridgehead atoms. The molecular weight excluding hydrogens is 202 g/mol. The van der Waals surface area contributed by atoms with Gasteiger partial charge >= 0.3 is 0 Å². The predicted molar refractivity (Wildman–Crippen MR) is 60.6 cm³/mol. The summed E-state index contributed by atoms with van der Waals surface area (Å²) in [5.41, 5.74) is 1.13. The number of amides is 1. The summed E-state index contributed by atoms with van der Waals surface area (Å²) in [6.45, 7) is 6.65. The maximum Gasteiger partial charge on any atom is 0.266 e. The third-order valence-electron chi connectivity index (χ3n) is 2.08. The van der Waals surface area contributed by atoms with E-state index in [-0.39, 0.29) is 5.91 Å². The molecule has 1 aliphatic heterocycles. The number of allylic oxidation sites excluding steroid dienone is 1. The monoisotopic (exact) mass is 215 g/mol. The van der Waals surface area contributed by atoms with Crippen LogP contribution in [0.15, 0.2) is 10.5 Å². The number of nitrogens with zero attached hydrogens (tertiary/aromatic N) is 1. The van der Waals surface area contributed by atoms with Gasteiger partial charge < -0.3 is 0 Å². The molecule has 4 heteroatoms. The van der Waals surface area contributed by atoms with Crippen molar-refractivity contribution >= 4 is 34.2 Å². The number of hydrogen-bond acceptors (Lipinski definition) is 3. The molecule has 1 saturated heterocycles. The molecule has 1 fully saturated rings. The molecular formula is C9H13NOS2. The number of likely N-dealkylation sites (N-methyl/N-ethyl adjacent to an activating group) is 1. The van der Waals surface area contributed by atoms with Gasteiger partial charge in [-0.25, -0.2) is 0 Å². The lowest BCUT2D eigenvalue weighted by molar-refractivity contribution is -0.122. The summed E-state index contributed by atoms with van der Waals surface area (Å²) in [6, 6.07) is 0. The fraction of sp³-hybridized carbons (Fsp3) is 0.556. The van der Waals surface area contributed by atoms with Crippen LogP contribution in [-0.2, 0) is 4.79 Å². The maximum absolute atomic E-state index is 11.7. The summed E-state index contributed by atoms with van der Waals surface area (Å²) < 4.78 is 0.690. The normalized spacial score (nSPS) is 21.3. The second kappa shape index (κ2) is 4.24. The molecule has 13 heavy (non-hydrogen) atoms. The predicted octanol–water partition coefficient (Wildman–Crippen LogP) is 2.55. The Hall–Kier alpha value is -0.350. The van der Waals surface area contributed by atoms with Crippen molar-refractivity contribution in [3.05, 3.63) is 10.5 Å². The van der Waals surface area contributed by atoms with Gasteiger partial charge in [0.15, 0.2) is 0 Å². The van der Waals surface area contributed by atoms with Gasteiger partial charge in [-0.15, -0.1) is 0 Å². The van der Waals surface area contributed by atoms with Gasteiger partial charge in [-0.1, -0.05) is 36.5 Å². The van der Waals surface area contributed by atoms with Crippen molar-refractivity contribution in [2.24, 2.45) is 0 Å². The Morgan fingerprint density at radius 2 is 2.15 bits per heavy atom. The van der Waals surface area contributed by atoms with Gasteiger partial charge in [0.1, 0.15) is 4.32 Å². The van der Waals surface area contributed by atoms with Crippen molar-refractivity contribution in [2.45, 2.75) is 27.2 Å². The maximum atomic E-state index is 11.7. The van der Waals surface area contributed by atoms with Crippen LogP contribution in [0.25, 0.3) is 0 Å². The minimum atomic E-state index is 0.0804. The quantitative estimate of drug-likeness (QED) is 0.521. The van der Waals surface area contributed by atoms with Crippen molar-refractivity contribution in [1.82, 2.24) is 4.90 Å². The van der Waals surface area contributed by atoms with E-state index in [4.69, 9.17) is 12.2 Å².